The lowest BCUT2D eigenvalue weighted by molar-refractivity contribution is -0.118. The molecule has 0 radical (unpaired) electrons. The van der Waals surface area contributed by atoms with Crippen molar-refractivity contribution in [1.82, 2.24) is 4.72 Å². The zero-order chi connectivity index (χ0) is 20.0. The van der Waals surface area contributed by atoms with Gasteiger partial charge in [0.2, 0.25) is 10.0 Å². The van der Waals surface area contributed by atoms with Gasteiger partial charge in [0, 0.05) is 11.7 Å². The van der Waals surface area contributed by atoms with Gasteiger partial charge in [-0.2, -0.15) is 0 Å². The van der Waals surface area contributed by atoms with Crippen LogP contribution in [0.25, 0.3) is 0 Å². The van der Waals surface area contributed by atoms with Crippen LogP contribution in [-0.2, 0) is 14.8 Å². The average Bonchev–Trinajstić information content (AvgIpc) is 2.59. The summed E-state index contributed by atoms with van der Waals surface area (Å²) in [5, 5.41) is 2.79. The van der Waals surface area contributed by atoms with Crippen molar-refractivity contribution in [2.75, 3.05) is 11.9 Å². The molecule has 0 aliphatic carbocycles. The molecule has 0 aliphatic rings. The number of sulfonamides is 1. The summed E-state index contributed by atoms with van der Waals surface area (Å²) in [5.74, 6) is 0.142. The van der Waals surface area contributed by atoms with Gasteiger partial charge < -0.3 is 10.1 Å². The van der Waals surface area contributed by atoms with E-state index in [1.807, 2.05) is 45.9 Å². The number of amides is 1. The van der Waals surface area contributed by atoms with E-state index < -0.39 is 10.0 Å². The van der Waals surface area contributed by atoms with E-state index in [2.05, 4.69) is 10.0 Å². The molecule has 2 aromatic carbocycles. The number of rotatable bonds is 8. The standard InChI is InChI=1S/C20H26N2O4S/c1-5-16(4)22-27(24,25)19-8-6-18(7-9-19)26-13-20(23)21-17-11-14(2)10-15(3)12-17/h6-12,16,22H,5,13H2,1-4H3,(H,21,23)/t16-/m0/s1. The van der Waals surface area contributed by atoms with Gasteiger partial charge in [0.25, 0.3) is 5.91 Å². The number of nitrogens with one attached hydrogen (secondary N) is 2. The van der Waals surface area contributed by atoms with Crippen LogP contribution in [0, 0.1) is 13.8 Å². The molecular formula is C20H26N2O4S. The molecule has 0 fully saturated rings. The van der Waals surface area contributed by atoms with Gasteiger partial charge >= 0.3 is 0 Å². The first-order chi connectivity index (χ1) is 12.7. The zero-order valence-corrected chi connectivity index (χ0v) is 16.9. The van der Waals surface area contributed by atoms with Crippen molar-refractivity contribution >= 4 is 21.6 Å². The molecule has 6 nitrogen and oxygen atoms in total. The minimum absolute atomic E-state index is 0.139. The summed E-state index contributed by atoms with van der Waals surface area (Å²) in [4.78, 5) is 12.2. The number of hydrogen-bond donors (Lipinski definition) is 2. The molecule has 27 heavy (non-hydrogen) atoms. The molecule has 1 atom stereocenters. The molecule has 0 unspecified atom stereocenters. The van der Waals surface area contributed by atoms with Crippen molar-refractivity contribution in [2.24, 2.45) is 0 Å². The van der Waals surface area contributed by atoms with Crippen molar-refractivity contribution in [1.29, 1.82) is 0 Å². The van der Waals surface area contributed by atoms with Crippen LogP contribution in [-0.4, -0.2) is 27.0 Å². The summed E-state index contributed by atoms with van der Waals surface area (Å²) in [7, 11) is -3.55. The van der Waals surface area contributed by atoms with Gasteiger partial charge in [-0.25, -0.2) is 13.1 Å². The normalized spacial score (nSPS) is 12.4. The number of carbonyl (C=O) groups is 1. The van der Waals surface area contributed by atoms with Crippen LogP contribution in [0.2, 0.25) is 0 Å². The van der Waals surface area contributed by atoms with Crippen molar-refractivity contribution < 1.29 is 17.9 Å². The van der Waals surface area contributed by atoms with Crippen LogP contribution in [0.5, 0.6) is 5.75 Å². The molecule has 0 spiro atoms. The molecule has 0 aliphatic heterocycles. The summed E-state index contributed by atoms with van der Waals surface area (Å²) < 4.78 is 32.5. The smallest absolute Gasteiger partial charge is 0.262 e. The van der Waals surface area contributed by atoms with E-state index in [-0.39, 0.29) is 23.5 Å². The maximum atomic E-state index is 12.2. The lowest BCUT2D eigenvalue weighted by Gasteiger charge is -2.13. The highest BCUT2D eigenvalue weighted by Gasteiger charge is 2.16. The minimum Gasteiger partial charge on any atom is -0.484 e. The second-order valence-electron chi connectivity index (χ2n) is 6.62. The van der Waals surface area contributed by atoms with Crippen LogP contribution in [0.15, 0.2) is 47.4 Å². The van der Waals surface area contributed by atoms with Crippen LogP contribution < -0.4 is 14.8 Å². The fourth-order valence-electron chi connectivity index (χ4n) is 2.52. The van der Waals surface area contributed by atoms with E-state index >= 15 is 0 Å². The average molecular weight is 391 g/mol. The largest absolute Gasteiger partial charge is 0.484 e. The highest BCUT2D eigenvalue weighted by atomic mass is 32.2. The van der Waals surface area contributed by atoms with Gasteiger partial charge in [0.1, 0.15) is 5.75 Å². The first-order valence-electron chi connectivity index (χ1n) is 8.83. The number of ether oxygens (including phenoxy) is 1. The maximum absolute atomic E-state index is 12.2. The fraction of sp³-hybridized carbons (Fsp3) is 0.350. The highest BCUT2D eigenvalue weighted by molar-refractivity contribution is 7.89. The molecule has 2 aromatic rings. The number of benzene rings is 2. The van der Waals surface area contributed by atoms with Gasteiger partial charge in [-0.1, -0.05) is 13.0 Å². The first kappa shape index (κ1) is 20.9. The Morgan fingerprint density at radius 2 is 1.67 bits per heavy atom. The third-order valence-electron chi connectivity index (χ3n) is 3.98. The molecule has 0 aromatic heterocycles. The van der Waals surface area contributed by atoms with Gasteiger partial charge in [-0.3, -0.25) is 4.79 Å². The monoisotopic (exact) mass is 390 g/mol. The quantitative estimate of drug-likeness (QED) is 0.723. The molecule has 7 heteroatoms. The summed E-state index contributed by atoms with van der Waals surface area (Å²) in [5.41, 5.74) is 2.85. The van der Waals surface area contributed by atoms with E-state index in [9.17, 15) is 13.2 Å². The Bertz CT molecular complexity index is 872. The van der Waals surface area contributed by atoms with E-state index in [1.54, 1.807) is 0 Å². The second kappa shape index (κ2) is 9.01. The van der Waals surface area contributed by atoms with Crippen molar-refractivity contribution in [3.8, 4) is 5.75 Å². The predicted octanol–water partition coefficient (Wildman–Crippen LogP) is 3.40. The first-order valence-corrected chi connectivity index (χ1v) is 10.3. The highest BCUT2D eigenvalue weighted by Crippen LogP contribution is 2.17. The Labute approximate surface area is 161 Å². The van der Waals surface area contributed by atoms with Gasteiger partial charge in [0.05, 0.1) is 4.90 Å². The van der Waals surface area contributed by atoms with E-state index in [0.29, 0.717) is 12.2 Å². The lowest BCUT2D eigenvalue weighted by atomic mass is 10.1. The van der Waals surface area contributed by atoms with E-state index in [1.165, 1.54) is 24.3 Å². The molecule has 2 rings (SSSR count). The van der Waals surface area contributed by atoms with Gasteiger partial charge in [0.15, 0.2) is 6.61 Å². The van der Waals surface area contributed by atoms with Crippen LogP contribution in [0.4, 0.5) is 5.69 Å². The molecule has 0 saturated carbocycles. The predicted molar refractivity (Wildman–Crippen MR) is 107 cm³/mol. The van der Waals surface area contributed by atoms with Crippen LogP contribution in [0.1, 0.15) is 31.4 Å². The van der Waals surface area contributed by atoms with E-state index in [0.717, 1.165) is 16.8 Å². The Morgan fingerprint density at radius 1 is 1.07 bits per heavy atom. The van der Waals surface area contributed by atoms with Gasteiger partial charge in [-0.05, 0) is 74.7 Å². The summed E-state index contributed by atoms with van der Waals surface area (Å²) >= 11 is 0. The molecular weight excluding hydrogens is 364 g/mol. The zero-order valence-electron chi connectivity index (χ0n) is 16.1. The molecule has 1 amide bonds. The molecule has 0 bridgehead atoms. The summed E-state index contributed by atoms with van der Waals surface area (Å²) in [6, 6.07) is 11.6. The van der Waals surface area contributed by atoms with Gasteiger partial charge in [-0.15, -0.1) is 0 Å². The summed E-state index contributed by atoms with van der Waals surface area (Å²) in [6.07, 6.45) is 0.704. The van der Waals surface area contributed by atoms with E-state index in [4.69, 9.17) is 4.74 Å². The summed E-state index contributed by atoms with van der Waals surface area (Å²) in [6.45, 7) is 7.48. The van der Waals surface area contributed by atoms with Crippen LogP contribution in [0.3, 0.4) is 0 Å². The van der Waals surface area contributed by atoms with Crippen molar-refractivity contribution in [3.05, 3.63) is 53.6 Å². The van der Waals surface area contributed by atoms with Crippen LogP contribution >= 0.6 is 0 Å². The second-order valence-corrected chi connectivity index (χ2v) is 8.33. The third kappa shape index (κ3) is 6.37. The Morgan fingerprint density at radius 3 is 2.22 bits per heavy atom. The lowest BCUT2D eigenvalue weighted by Crippen LogP contribution is -2.31. The van der Waals surface area contributed by atoms with Crippen molar-refractivity contribution in [2.45, 2.75) is 45.1 Å². The number of carbonyl (C=O) groups excluding carboxylic acids is 1. The molecule has 0 saturated heterocycles. The maximum Gasteiger partial charge on any atom is 0.262 e. The molecule has 146 valence electrons. The number of hydrogen-bond acceptors (Lipinski definition) is 4. The van der Waals surface area contributed by atoms with Crippen molar-refractivity contribution in [3.63, 3.8) is 0 Å². The Balaban J connectivity index is 1.93. The Hall–Kier alpha value is -2.38. The minimum atomic E-state index is -3.55. The topological polar surface area (TPSA) is 84.5 Å². The third-order valence-corrected chi connectivity index (χ3v) is 5.58. The fourth-order valence-corrected chi connectivity index (χ4v) is 3.85. The molecule has 2 N–H and O–H groups in total. The molecule has 0 heterocycles. The number of aryl methyl sites for hydroxylation is 2. The Kier molecular flexibility index (Phi) is 6.98. The number of anilines is 1. The SMILES string of the molecule is CC[C@H](C)NS(=O)(=O)c1ccc(OCC(=O)Nc2cc(C)cc(C)c2)cc1.